The topological polar surface area (TPSA) is 101 Å². The van der Waals surface area contributed by atoms with E-state index in [-0.39, 0.29) is 17.7 Å². The zero-order valence-electron chi connectivity index (χ0n) is 9.82. The highest BCUT2D eigenvalue weighted by atomic mass is 16.2. The molecule has 2 amide bonds. The lowest BCUT2D eigenvalue weighted by Crippen LogP contribution is -2.41. The summed E-state index contributed by atoms with van der Waals surface area (Å²) in [5, 5.41) is 0. The maximum atomic E-state index is 11.2. The Bertz CT molecular complexity index is 295. The Labute approximate surface area is 95.3 Å². The largest absolute Gasteiger partial charge is 0.369 e. The lowest BCUT2D eigenvalue weighted by atomic mass is 9.89. The molecule has 6 heteroatoms. The molecule has 1 heterocycles. The van der Waals surface area contributed by atoms with E-state index in [4.69, 9.17) is 11.6 Å². The van der Waals surface area contributed by atoms with Crippen molar-refractivity contribution < 1.29 is 9.59 Å². The molecule has 92 valence electrons. The van der Waals surface area contributed by atoms with Gasteiger partial charge in [-0.15, -0.1) is 0 Å². The molecule has 0 aromatic carbocycles. The summed E-state index contributed by atoms with van der Waals surface area (Å²) in [4.78, 5) is 24.6. The van der Waals surface area contributed by atoms with Crippen molar-refractivity contribution >= 4 is 11.8 Å². The third-order valence-electron chi connectivity index (χ3n) is 3.27. The first kappa shape index (κ1) is 12.9. The van der Waals surface area contributed by atoms with Crippen molar-refractivity contribution in [3.8, 4) is 0 Å². The average molecular weight is 228 g/mol. The van der Waals surface area contributed by atoms with E-state index in [1.165, 1.54) is 0 Å². The van der Waals surface area contributed by atoms with Gasteiger partial charge < -0.3 is 10.6 Å². The van der Waals surface area contributed by atoms with Crippen LogP contribution < -0.4 is 17.0 Å². The predicted molar refractivity (Wildman–Crippen MR) is 59.9 cm³/mol. The third-order valence-corrected chi connectivity index (χ3v) is 3.27. The van der Waals surface area contributed by atoms with Gasteiger partial charge in [-0.05, 0) is 19.9 Å². The van der Waals surface area contributed by atoms with Crippen LogP contribution in [0.4, 0.5) is 0 Å². The van der Waals surface area contributed by atoms with E-state index in [1.807, 2.05) is 13.8 Å². The van der Waals surface area contributed by atoms with Crippen molar-refractivity contribution in [3.05, 3.63) is 0 Å². The van der Waals surface area contributed by atoms with Gasteiger partial charge in [0, 0.05) is 19.0 Å². The van der Waals surface area contributed by atoms with Crippen molar-refractivity contribution in [2.45, 2.75) is 20.3 Å². The number of hydrazine groups is 1. The van der Waals surface area contributed by atoms with E-state index < -0.39 is 5.41 Å². The van der Waals surface area contributed by atoms with Crippen LogP contribution in [0.5, 0.6) is 0 Å². The minimum absolute atomic E-state index is 0.180. The van der Waals surface area contributed by atoms with Gasteiger partial charge >= 0.3 is 0 Å². The molecule has 0 aliphatic carbocycles. The van der Waals surface area contributed by atoms with Crippen LogP contribution in [0.1, 0.15) is 20.3 Å². The summed E-state index contributed by atoms with van der Waals surface area (Å²) in [6.07, 6.45) is 0.749. The quantitative estimate of drug-likeness (QED) is 0.320. The summed E-state index contributed by atoms with van der Waals surface area (Å²) >= 11 is 0. The van der Waals surface area contributed by atoms with E-state index in [0.29, 0.717) is 13.1 Å². The zero-order valence-corrected chi connectivity index (χ0v) is 9.82. The minimum Gasteiger partial charge on any atom is -0.369 e. The van der Waals surface area contributed by atoms with Gasteiger partial charge in [-0.2, -0.15) is 0 Å². The number of carbonyl (C=O) groups excluding carboxylic acids is 2. The van der Waals surface area contributed by atoms with Gasteiger partial charge in [0.1, 0.15) is 0 Å². The standard InChI is InChI=1S/C10H20N4O2/c1-7(8(15)13-12)5-14-4-3-10(2,6-14)9(11)16/h7H,3-6,12H2,1-2H3,(H2,11,16)(H,13,15). The molecule has 0 aromatic heterocycles. The van der Waals surface area contributed by atoms with Crippen LogP contribution in [0.2, 0.25) is 0 Å². The molecule has 2 unspecified atom stereocenters. The van der Waals surface area contributed by atoms with Gasteiger partial charge in [0.25, 0.3) is 0 Å². The van der Waals surface area contributed by atoms with Crippen molar-refractivity contribution in [1.82, 2.24) is 10.3 Å². The normalized spacial score (nSPS) is 27.7. The van der Waals surface area contributed by atoms with Gasteiger partial charge in [0.05, 0.1) is 5.41 Å². The van der Waals surface area contributed by atoms with Crippen molar-refractivity contribution in [2.24, 2.45) is 22.9 Å². The van der Waals surface area contributed by atoms with Crippen LogP contribution >= 0.6 is 0 Å². The number of primary amides is 1. The Morgan fingerprint density at radius 1 is 1.56 bits per heavy atom. The van der Waals surface area contributed by atoms with E-state index in [9.17, 15) is 9.59 Å². The van der Waals surface area contributed by atoms with Crippen LogP contribution in [0.15, 0.2) is 0 Å². The second kappa shape index (κ2) is 4.80. The number of hydrogen-bond donors (Lipinski definition) is 3. The molecule has 2 atom stereocenters. The molecule has 5 N–H and O–H groups in total. The number of nitrogens with one attached hydrogen (secondary N) is 1. The first-order valence-corrected chi connectivity index (χ1v) is 5.42. The number of hydrogen-bond acceptors (Lipinski definition) is 4. The Kier molecular flexibility index (Phi) is 3.88. The fourth-order valence-electron chi connectivity index (χ4n) is 2.03. The second-order valence-electron chi connectivity index (χ2n) is 4.82. The summed E-state index contributed by atoms with van der Waals surface area (Å²) in [5.74, 6) is 4.42. The average Bonchev–Trinajstić information content (AvgIpc) is 2.60. The fraction of sp³-hybridized carbons (Fsp3) is 0.800. The Morgan fingerprint density at radius 3 is 2.62 bits per heavy atom. The molecule has 0 bridgehead atoms. The molecule has 0 saturated carbocycles. The van der Waals surface area contributed by atoms with Crippen LogP contribution in [0, 0.1) is 11.3 Å². The molecule has 1 saturated heterocycles. The highest BCUT2D eigenvalue weighted by Gasteiger charge is 2.39. The van der Waals surface area contributed by atoms with Crippen LogP contribution in [-0.4, -0.2) is 36.3 Å². The molecular weight excluding hydrogens is 208 g/mol. The molecule has 1 aliphatic heterocycles. The number of amides is 2. The van der Waals surface area contributed by atoms with E-state index in [0.717, 1.165) is 13.0 Å². The Morgan fingerprint density at radius 2 is 2.19 bits per heavy atom. The number of carbonyl (C=O) groups is 2. The summed E-state index contributed by atoms with van der Waals surface area (Å²) < 4.78 is 0. The van der Waals surface area contributed by atoms with Gasteiger partial charge in [-0.25, -0.2) is 5.84 Å². The van der Waals surface area contributed by atoms with Gasteiger partial charge in [-0.3, -0.25) is 15.0 Å². The molecule has 1 fully saturated rings. The zero-order chi connectivity index (χ0) is 12.3. The Balaban J connectivity index is 2.48. The Hall–Kier alpha value is -1.14. The maximum absolute atomic E-state index is 11.2. The fourth-order valence-corrected chi connectivity index (χ4v) is 2.03. The van der Waals surface area contributed by atoms with Gasteiger partial charge in [0.15, 0.2) is 0 Å². The highest BCUT2D eigenvalue weighted by Crippen LogP contribution is 2.29. The monoisotopic (exact) mass is 228 g/mol. The molecule has 0 spiro atoms. The van der Waals surface area contributed by atoms with Crippen LogP contribution in [-0.2, 0) is 9.59 Å². The lowest BCUT2D eigenvalue weighted by molar-refractivity contribution is -0.126. The van der Waals surface area contributed by atoms with Crippen molar-refractivity contribution in [3.63, 3.8) is 0 Å². The summed E-state index contributed by atoms with van der Waals surface area (Å²) in [6.45, 7) is 5.68. The second-order valence-corrected chi connectivity index (χ2v) is 4.82. The third kappa shape index (κ3) is 2.70. The van der Waals surface area contributed by atoms with Crippen LogP contribution in [0.25, 0.3) is 0 Å². The smallest absolute Gasteiger partial charge is 0.237 e. The molecular formula is C10H20N4O2. The summed E-state index contributed by atoms with van der Waals surface area (Å²) in [7, 11) is 0. The summed E-state index contributed by atoms with van der Waals surface area (Å²) in [5.41, 5.74) is 7.01. The minimum atomic E-state index is -0.459. The molecule has 0 radical (unpaired) electrons. The van der Waals surface area contributed by atoms with E-state index >= 15 is 0 Å². The first-order valence-electron chi connectivity index (χ1n) is 5.42. The van der Waals surface area contributed by atoms with Crippen molar-refractivity contribution in [2.75, 3.05) is 19.6 Å². The number of likely N-dealkylation sites (tertiary alicyclic amines) is 1. The molecule has 1 aliphatic rings. The first-order chi connectivity index (χ1) is 7.39. The maximum Gasteiger partial charge on any atom is 0.237 e. The number of rotatable bonds is 4. The predicted octanol–water partition coefficient (Wildman–Crippen LogP) is -1.19. The van der Waals surface area contributed by atoms with Gasteiger partial charge in [-0.1, -0.05) is 6.92 Å². The number of nitrogens with two attached hydrogens (primary N) is 2. The molecule has 1 rings (SSSR count). The highest BCUT2D eigenvalue weighted by molar-refractivity contribution is 5.81. The summed E-state index contributed by atoms with van der Waals surface area (Å²) in [6, 6.07) is 0. The molecule has 0 aromatic rings. The van der Waals surface area contributed by atoms with Crippen molar-refractivity contribution in [1.29, 1.82) is 0 Å². The van der Waals surface area contributed by atoms with Crippen LogP contribution in [0.3, 0.4) is 0 Å². The number of nitrogens with zero attached hydrogens (tertiary/aromatic N) is 1. The van der Waals surface area contributed by atoms with E-state index in [1.54, 1.807) is 0 Å². The molecule has 6 nitrogen and oxygen atoms in total. The lowest BCUT2D eigenvalue weighted by Gasteiger charge is -2.22. The SMILES string of the molecule is CC(CN1CCC(C)(C(N)=O)C1)C(=O)NN. The van der Waals surface area contributed by atoms with E-state index in [2.05, 4.69) is 10.3 Å². The van der Waals surface area contributed by atoms with Gasteiger partial charge in [0.2, 0.25) is 11.8 Å². The molecule has 16 heavy (non-hydrogen) atoms.